The Morgan fingerprint density at radius 2 is 1.44 bits per heavy atom. The average molecular weight is 600 g/mol. The van der Waals surface area contributed by atoms with Crippen molar-refractivity contribution in [1.29, 1.82) is 0 Å². The average Bonchev–Trinajstić information content (AvgIpc) is 3.14. The largest absolute Gasteiger partial charge is 0.394 e. The van der Waals surface area contributed by atoms with E-state index in [0.717, 1.165) is 0 Å². The Bertz CT molecular complexity index is 941. The lowest BCUT2D eigenvalue weighted by atomic mass is 9.81. The minimum atomic E-state index is -2.63. The van der Waals surface area contributed by atoms with Gasteiger partial charge >= 0.3 is 0 Å². The van der Waals surface area contributed by atoms with Gasteiger partial charge < -0.3 is 93.2 Å². The third-order valence-electron chi connectivity index (χ3n) is 7.56. The Morgan fingerprint density at radius 3 is 1.95 bits per heavy atom. The summed E-state index contributed by atoms with van der Waals surface area (Å²) in [5.74, 6) is -1.08. The molecule has 3 aliphatic rings. The van der Waals surface area contributed by atoms with E-state index in [-0.39, 0.29) is 0 Å². The second-order valence-electron chi connectivity index (χ2n) is 10.1. The first-order valence-corrected chi connectivity index (χ1v) is 12.7. The quantitative estimate of drug-likeness (QED) is 0.0664. The number of nitrogens with two attached hydrogens (primary N) is 4. The number of nitrogens with one attached hydrogen (secondary N) is 1. The van der Waals surface area contributed by atoms with Crippen LogP contribution in [0.2, 0.25) is 0 Å². The molecule has 20 heteroatoms. The Morgan fingerprint density at radius 1 is 0.854 bits per heavy atom. The number of aliphatic imine (C=N–C) groups is 2. The Hall–Kier alpha value is -2.02. The highest BCUT2D eigenvalue weighted by Crippen LogP contribution is 2.40. The maximum absolute atomic E-state index is 11.3. The number of hydrogen-bond donors (Lipinski definition) is 14. The Balaban J connectivity index is 1.99. The first kappa shape index (κ1) is 33.5. The molecule has 18 N–H and O–H groups in total. The van der Waals surface area contributed by atoms with E-state index in [1.165, 1.54) is 14.0 Å². The molecule has 0 aromatic heterocycles. The molecular formula is C21H41N7O13. The molecule has 1 saturated carbocycles. The lowest BCUT2D eigenvalue weighted by Gasteiger charge is -2.46. The van der Waals surface area contributed by atoms with Gasteiger partial charge in [0.2, 0.25) is 0 Å². The molecule has 0 bridgehead atoms. The molecule has 2 heterocycles. The summed E-state index contributed by atoms with van der Waals surface area (Å²) in [5.41, 5.74) is 19.1. The predicted octanol–water partition coefficient (Wildman–Crippen LogP) is -9.05. The molecule has 41 heavy (non-hydrogen) atoms. The number of aliphatic hydroxyl groups excluding tert-OH is 7. The van der Waals surface area contributed by atoms with Crippen molar-refractivity contribution in [1.82, 2.24) is 5.32 Å². The molecule has 3 fully saturated rings. The van der Waals surface area contributed by atoms with Crippen LogP contribution in [0.4, 0.5) is 0 Å². The number of nitrogens with zero attached hydrogens (tertiary/aromatic N) is 2. The van der Waals surface area contributed by atoms with Crippen LogP contribution in [0, 0.1) is 0 Å². The molecular weight excluding hydrogens is 558 g/mol. The monoisotopic (exact) mass is 599 g/mol. The number of ether oxygens (including phenoxy) is 4. The standard InChI is InChI=1S/C21H41N7O13/c1-4-21(37,18(35)36)15(41-16-8(26-2)12(33)9(30)5(3-29)39-16)17(38-4)40-14-7(28-20(24)25)10(31)6(27-19(22)23)11(32)13(14)34/h4-18,26,29-37H,3H2,1-2H3,(H4,22,23,27)(H4,24,25,28)/t4-,5-,6+,7-,8-,9-,10+,11-,12-,13+,14+,15-,16-,17-,21+/m0/s1. The first-order valence-electron chi connectivity index (χ1n) is 12.7. The molecule has 2 saturated heterocycles. The minimum absolute atomic E-state index is 0.522. The van der Waals surface area contributed by atoms with Crippen molar-refractivity contribution in [3.8, 4) is 0 Å². The van der Waals surface area contributed by atoms with Gasteiger partial charge in [0.05, 0.1) is 18.8 Å². The van der Waals surface area contributed by atoms with Crippen molar-refractivity contribution in [2.75, 3.05) is 13.7 Å². The van der Waals surface area contributed by atoms with Crippen LogP contribution >= 0.6 is 0 Å². The lowest BCUT2D eigenvalue weighted by Crippen LogP contribution is -2.67. The van der Waals surface area contributed by atoms with Crippen LogP contribution in [0.15, 0.2) is 9.98 Å². The van der Waals surface area contributed by atoms with E-state index in [2.05, 4.69) is 15.3 Å². The van der Waals surface area contributed by atoms with Crippen LogP contribution < -0.4 is 28.3 Å². The summed E-state index contributed by atoms with van der Waals surface area (Å²) in [6.07, 6.45) is -20.8. The van der Waals surface area contributed by atoms with Crippen LogP contribution in [0.3, 0.4) is 0 Å². The normalized spacial score (nSPS) is 46.8. The second kappa shape index (κ2) is 13.1. The fourth-order valence-corrected chi connectivity index (χ4v) is 5.27. The number of likely N-dealkylation sites (N-methyl/N-ethyl adjacent to an activating group) is 1. The van der Waals surface area contributed by atoms with Crippen molar-refractivity contribution in [2.45, 2.75) is 104 Å². The van der Waals surface area contributed by atoms with Gasteiger partial charge in [-0.2, -0.15) is 0 Å². The van der Waals surface area contributed by atoms with Gasteiger partial charge in [-0.15, -0.1) is 0 Å². The van der Waals surface area contributed by atoms with Crippen molar-refractivity contribution in [2.24, 2.45) is 32.9 Å². The van der Waals surface area contributed by atoms with E-state index in [1.807, 2.05) is 0 Å². The molecule has 0 aromatic carbocycles. The molecule has 238 valence electrons. The highest BCUT2D eigenvalue weighted by molar-refractivity contribution is 5.76. The van der Waals surface area contributed by atoms with Crippen LogP contribution in [-0.2, 0) is 18.9 Å². The highest BCUT2D eigenvalue weighted by Gasteiger charge is 2.63. The number of guanidine groups is 2. The third-order valence-corrected chi connectivity index (χ3v) is 7.56. The molecule has 0 aromatic rings. The van der Waals surface area contributed by atoms with E-state index in [9.17, 15) is 46.0 Å². The van der Waals surface area contributed by atoms with Crippen LogP contribution in [-0.4, -0.2) is 169 Å². The molecule has 3 rings (SSSR count). The molecule has 1 aliphatic carbocycles. The Kier molecular flexibility index (Phi) is 10.7. The van der Waals surface area contributed by atoms with Crippen LogP contribution in [0.1, 0.15) is 6.92 Å². The van der Waals surface area contributed by atoms with Gasteiger partial charge in [-0.25, -0.2) is 9.98 Å². The lowest BCUT2D eigenvalue weighted by molar-refractivity contribution is -0.327. The summed E-state index contributed by atoms with van der Waals surface area (Å²) in [5, 5.41) is 97.1. The van der Waals surface area contributed by atoms with Crippen molar-refractivity contribution < 1.29 is 64.9 Å². The van der Waals surface area contributed by atoms with Gasteiger partial charge in [-0.1, -0.05) is 0 Å². The zero-order valence-corrected chi connectivity index (χ0v) is 22.2. The molecule has 0 spiro atoms. The molecule has 2 aliphatic heterocycles. The molecule has 0 amide bonds. The first-order chi connectivity index (χ1) is 19.1. The SMILES string of the molecule is CN[C@@H]1[C@H](O[C@H]2[C@H](O[C@H]3[C@H](O)[C@@H](O)[C@H](N=C(N)N)[C@@H](O)[C@@H]3N=C(N)N)O[C@@H](C)[C@]2(O)C(O)O)O[C@@H](CO)[C@H](O)[C@H]1O. The summed E-state index contributed by atoms with van der Waals surface area (Å²) in [6, 6.07) is -4.21. The second-order valence-corrected chi connectivity index (χ2v) is 10.1. The summed E-state index contributed by atoms with van der Waals surface area (Å²) in [4.78, 5) is 7.60. The summed E-state index contributed by atoms with van der Waals surface area (Å²) in [7, 11) is 1.39. The Labute approximate surface area is 233 Å². The van der Waals surface area contributed by atoms with Gasteiger partial charge in [0.15, 0.2) is 36.4 Å². The van der Waals surface area contributed by atoms with E-state index in [1.54, 1.807) is 0 Å². The van der Waals surface area contributed by atoms with Crippen molar-refractivity contribution in [3.05, 3.63) is 0 Å². The van der Waals surface area contributed by atoms with Gasteiger partial charge in [-0.05, 0) is 14.0 Å². The van der Waals surface area contributed by atoms with E-state index >= 15 is 0 Å². The number of rotatable bonds is 9. The fraction of sp³-hybridized carbons (Fsp3) is 0.905. The molecule has 15 atom stereocenters. The zero-order valence-electron chi connectivity index (χ0n) is 22.2. The van der Waals surface area contributed by atoms with Gasteiger partial charge in [0.25, 0.3) is 0 Å². The fourth-order valence-electron chi connectivity index (χ4n) is 5.27. The highest BCUT2D eigenvalue weighted by atomic mass is 16.8. The summed E-state index contributed by atoms with van der Waals surface area (Å²) >= 11 is 0. The van der Waals surface area contributed by atoms with Crippen LogP contribution in [0.25, 0.3) is 0 Å². The summed E-state index contributed by atoms with van der Waals surface area (Å²) < 4.78 is 22.9. The van der Waals surface area contributed by atoms with E-state index in [0.29, 0.717) is 0 Å². The third kappa shape index (κ3) is 6.35. The van der Waals surface area contributed by atoms with Gasteiger partial charge in [0, 0.05) is 0 Å². The van der Waals surface area contributed by atoms with Gasteiger partial charge in [0.1, 0.15) is 60.9 Å². The molecule has 0 radical (unpaired) electrons. The van der Waals surface area contributed by atoms with Crippen molar-refractivity contribution in [3.63, 3.8) is 0 Å². The number of aliphatic hydroxyl groups is 9. The maximum atomic E-state index is 11.3. The smallest absolute Gasteiger partial charge is 0.187 e. The topological polar surface area (TPSA) is 360 Å². The predicted molar refractivity (Wildman–Crippen MR) is 135 cm³/mol. The minimum Gasteiger partial charge on any atom is -0.394 e. The van der Waals surface area contributed by atoms with E-state index in [4.69, 9.17) is 41.9 Å². The van der Waals surface area contributed by atoms with Crippen LogP contribution in [0.5, 0.6) is 0 Å². The summed E-state index contributed by atoms with van der Waals surface area (Å²) in [6.45, 7) is 0.509. The number of hydrogen-bond acceptors (Lipinski definition) is 16. The van der Waals surface area contributed by atoms with Crippen molar-refractivity contribution >= 4 is 11.9 Å². The van der Waals surface area contributed by atoms with E-state index < -0.39 is 116 Å². The van der Waals surface area contributed by atoms with Gasteiger partial charge in [-0.3, -0.25) is 0 Å². The molecule has 0 unspecified atom stereocenters. The molecule has 20 nitrogen and oxygen atoms in total. The zero-order chi connectivity index (χ0) is 31.0. The maximum Gasteiger partial charge on any atom is 0.187 e.